The summed E-state index contributed by atoms with van der Waals surface area (Å²) in [5.74, 6) is -1.04. The van der Waals surface area contributed by atoms with Crippen molar-refractivity contribution < 1.29 is 28.9 Å². The van der Waals surface area contributed by atoms with Crippen LogP contribution in [0.1, 0.15) is 43.9 Å². The van der Waals surface area contributed by atoms with Crippen molar-refractivity contribution in [2.75, 3.05) is 13.2 Å². The van der Waals surface area contributed by atoms with Crippen molar-refractivity contribution in [3.05, 3.63) is 68.7 Å². The SMILES string of the molecule is Cc1c(-c2ncco2)sc2c1c(=O)n(C(C)(C)C(=O)O)c(=O)n2C[C@H](OC1CCOCC1)c1ccccc1O. The molecule has 0 aliphatic carbocycles. The molecular formula is C27H29N3O8S. The number of oxazole rings is 1. The molecule has 0 unspecified atom stereocenters. The van der Waals surface area contributed by atoms with Crippen molar-refractivity contribution in [3.63, 3.8) is 0 Å². The first-order chi connectivity index (χ1) is 18.6. The van der Waals surface area contributed by atoms with E-state index >= 15 is 0 Å². The van der Waals surface area contributed by atoms with E-state index in [0.29, 0.717) is 46.9 Å². The van der Waals surface area contributed by atoms with Gasteiger partial charge in [-0.3, -0.25) is 9.36 Å². The lowest BCUT2D eigenvalue weighted by molar-refractivity contribution is -0.146. The second-order valence-corrected chi connectivity index (χ2v) is 11.0. The summed E-state index contributed by atoms with van der Waals surface area (Å²) >= 11 is 1.16. The average molecular weight is 556 g/mol. The number of phenols is 1. The molecule has 1 aliphatic heterocycles. The minimum absolute atomic E-state index is 0.000810. The molecule has 4 heterocycles. The smallest absolute Gasteiger partial charge is 0.333 e. The third-order valence-corrected chi connectivity index (χ3v) is 8.38. The van der Waals surface area contributed by atoms with Gasteiger partial charge in [0, 0.05) is 18.8 Å². The number of aliphatic carboxylic acids is 1. The number of thiophene rings is 1. The highest BCUT2D eigenvalue weighted by Gasteiger charge is 2.36. The number of carboxylic acid groups (broad SMARTS) is 1. The first kappa shape index (κ1) is 26.9. The van der Waals surface area contributed by atoms with Gasteiger partial charge in [-0.25, -0.2) is 19.1 Å². The summed E-state index contributed by atoms with van der Waals surface area (Å²) in [6.07, 6.45) is 3.23. The van der Waals surface area contributed by atoms with Crippen LogP contribution in [0.5, 0.6) is 5.75 Å². The summed E-state index contributed by atoms with van der Waals surface area (Å²) in [4.78, 5) is 45.0. The minimum atomic E-state index is -1.84. The molecule has 0 bridgehead atoms. The molecule has 0 amide bonds. The number of fused-ring (bicyclic) bond motifs is 1. The Morgan fingerprint density at radius 1 is 1.26 bits per heavy atom. The topological polar surface area (TPSA) is 146 Å². The number of aryl methyl sites for hydroxylation is 1. The number of para-hydroxylation sites is 1. The lowest BCUT2D eigenvalue weighted by Crippen LogP contribution is -2.52. The molecular weight excluding hydrogens is 526 g/mol. The van der Waals surface area contributed by atoms with Crippen molar-refractivity contribution >= 4 is 27.5 Å². The van der Waals surface area contributed by atoms with E-state index < -0.39 is 28.9 Å². The number of carbonyl (C=O) groups is 1. The summed E-state index contributed by atoms with van der Waals surface area (Å²) in [7, 11) is 0. The molecule has 2 N–H and O–H groups in total. The predicted octanol–water partition coefficient (Wildman–Crippen LogP) is 3.65. The Morgan fingerprint density at radius 2 is 1.97 bits per heavy atom. The molecule has 0 spiro atoms. The molecule has 0 radical (unpaired) electrons. The number of aromatic nitrogens is 3. The zero-order valence-corrected chi connectivity index (χ0v) is 22.6. The van der Waals surface area contributed by atoms with Crippen LogP contribution in [0.25, 0.3) is 21.0 Å². The van der Waals surface area contributed by atoms with Gasteiger partial charge in [0.2, 0.25) is 5.89 Å². The van der Waals surface area contributed by atoms with Gasteiger partial charge in [-0.15, -0.1) is 11.3 Å². The van der Waals surface area contributed by atoms with Crippen molar-refractivity contribution in [2.45, 2.75) is 57.9 Å². The molecule has 1 fully saturated rings. The third-order valence-electron chi connectivity index (χ3n) is 7.08. The molecule has 4 aromatic rings. The van der Waals surface area contributed by atoms with Gasteiger partial charge >= 0.3 is 11.7 Å². The Bertz CT molecular complexity index is 1630. The second kappa shape index (κ2) is 10.4. The van der Waals surface area contributed by atoms with Gasteiger partial charge in [-0.1, -0.05) is 18.2 Å². The predicted molar refractivity (Wildman–Crippen MR) is 143 cm³/mol. The van der Waals surface area contributed by atoms with E-state index in [9.17, 15) is 24.6 Å². The maximum Gasteiger partial charge on any atom is 0.333 e. The Labute approximate surface area is 226 Å². The summed E-state index contributed by atoms with van der Waals surface area (Å²) in [6.45, 7) is 5.32. The third kappa shape index (κ3) is 4.79. The normalized spacial score (nSPS) is 15.6. The molecule has 1 aromatic carbocycles. The monoisotopic (exact) mass is 555 g/mol. The number of ether oxygens (including phenoxy) is 2. The van der Waals surface area contributed by atoms with Gasteiger partial charge in [0.15, 0.2) is 0 Å². The van der Waals surface area contributed by atoms with Crippen LogP contribution < -0.4 is 11.2 Å². The van der Waals surface area contributed by atoms with Crippen LogP contribution in [-0.2, 0) is 26.4 Å². The highest BCUT2D eigenvalue weighted by molar-refractivity contribution is 7.22. The van der Waals surface area contributed by atoms with Crippen molar-refractivity contribution in [1.29, 1.82) is 0 Å². The van der Waals surface area contributed by atoms with Gasteiger partial charge in [0.25, 0.3) is 5.56 Å². The zero-order chi connectivity index (χ0) is 27.9. The Balaban J connectivity index is 1.75. The molecule has 206 valence electrons. The number of phenolic OH excluding ortho intramolecular Hbond substituents is 1. The van der Waals surface area contributed by atoms with Gasteiger partial charge in [0.1, 0.15) is 28.5 Å². The lowest BCUT2D eigenvalue weighted by Gasteiger charge is -2.29. The summed E-state index contributed by atoms with van der Waals surface area (Å²) in [5, 5.41) is 20.8. The largest absolute Gasteiger partial charge is 0.508 e. The number of nitrogens with zero attached hydrogens (tertiary/aromatic N) is 3. The Kier molecular flexibility index (Phi) is 7.19. The van der Waals surface area contributed by atoms with Gasteiger partial charge in [-0.2, -0.15) is 0 Å². The number of carboxylic acids is 1. The maximum atomic E-state index is 14.0. The van der Waals surface area contributed by atoms with E-state index in [1.54, 1.807) is 31.2 Å². The van der Waals surface area contributed by atoms with E-state index in [4.69, 9.17) is 13.9 Å². The van der Waals surface area contributed by atoms with Crippen LogP contribution in [0.15, 0.2) is 50.7 Å². The second-order valence-electron chi connectivity index (χ2n) is 9.97. The highest BCUT2D eigenvalue weighted by Crippen LogP contribution is 2.37. The zero-order valence-electron chi connectivity index (χ0n) is 21.7. The van der Waals surface area contributed by atoms with Crippen LogP contribution in [0.2, 0.25) is 0 Å². The first-order valence-electron chi connectivity index (χ1n) is 12.5. The lowest BCUT2D eigenvalue weighted by atomic mass is 10.0. The van der Waals surface area contributed by atoms with Crippen molar-refractivity contribution in [1.82, 2.24) is 14.1 Å². The Morgan fingerprint density at radius 3 is 2.62 bits per heavy atom. The Hall–Kier alpha value is -3.74. The number of hydrogen-bond donors (Lipinski definition) is 2. The van der Waals surface area contributed by atoms with E-state index in [2.05, 4.69) is 4.98 Å². The molecule has 1 aliphatic rings. The standard InChI is InChI=1S/C27H29N3O8S/c1-15-20-23(32)30(27(2,3)25(33)34)26(35)29(24(20)39-21(15)22-28-10-13-37-22)14-19(17-6-4-5-7-18(17)31)38-16-8-11-36-12-9-16/h4-7,10,13,16,19,31H,8-9,11-12,14H2,1-3H3,(H,33,34)/t19-/m0/s1. The van der Waals surface area contributed by atoms with E-state index in [0.717, 1.165) is 15.9 Å². The van der Waals surface area contributed by atoms with Crippen molar-refractivity contribution in [2.24, 2.45) is 0 Å². The molecule has 3 aromatic heterocycles. The van der Waals surface area contributed by atoms with Gasteiger partial charge < -0.3 is 24.1 Å². The van der Waals surface area contributed by atoms with E-state index in [-0.39, 0.29) is 29.7 Å². The fourth-order valence-corrected chi connectivity index (χ4v) is 6.06. The highest BCUT2D eigenvalue weighted by atomic mass is 32.1. The minimum Gasteiger partial charge on any atom is -0.508 e. The number of aromatic hydroxyl groups is 1. The first-order valence-corrected chi connectivity index (χ1v) is 13.4. The van der Waals surface area contributed by atoms with E-state index in [1.807, 2.05) is 0 Å². The van der Waals surface area contributed by atoms with E-state index in [1.165, 1.54) is 30.9 Å². The maximum absolute atomic E-state index is 14.0. The van der Waals surface area contributed by atoms with Crippen LogP contribution >= 0.6 is 11.3 Å². The quantitative estimate of drug-likeness (QED) is 0.333. The van der Waals surface area contributed by atoms with Crippen molar-refractivity contribution in [3.8, 4) is 16.5 Å². The molecule has 5 rings (SSSR count). The summed E-state index contributed by atoms with van der Waals surface area (Å²) in [6, 6.07) is 6.71. The molecule has 1 saturated heterocycles. The number of hydrogen-bond acceptors (Lipinski definition) is 9. The molecule has 11 nitrogen and oxygen atoms in total. The fourth-order valence-electron chi connectivity index (χ4n) is 4.82. The fraction of sp³-hybridized carbons (Fsp3) is 0.407. The molecule has 12 heteroatoms. The average Bonchev–Trinajstić information content (AvgIpc) is 3.55. The number of benzene rings is 1. The van der Waals surface area contributed by atoms with Crippen LogP contribution in [-0.4, -0.2) is 49.6 Å². The van der Waals surface area contributed by atoms with Gasteiger partial charge in [0.05, 0.1) is 29.1 Å². The molecule has 39 heavy (non-hydrogen) atoms. The molecule has 0 saturated carbocycles. The molecule has 1 atom stereocenters. The van der Waals surface area contributed by atoms with Crippen LogP contribution in [0.4, 0.5) is 0 Å². The summed E-state index contributed by atoms with van der Waals surface area (Å²) < 4.78 is 19.5. The summed E-state index contributed by atoms with van der Waals surface area (Å²) in [5.41, 5.74) is -2.35. The van der Waals surface area contributed by atoms with Crippen LogP contribution in [0, 0.1) is 6.92 Å². The van der Waals surface area contributed by atoms with Gasteiger partial charge in [-0.05, 0) is 45.2 Å². The van der Waals surface area contributed by atoms with Crippen LogP contribution in [0.3, 0.4) is 0 Å². The number of rotatable bonds is 8.